The minimum atomic E-state index is -4.16. The fourth-order valence-corrected chi connectivity index (χ4v) is 3.60. The van der Waals surface area contributed by atoms with Gasteiger partial charge in [-0.1, -0.05) is 17.7 Å². The molecule has 2 rings (SSSR count). The summed E-state index contributed by atoms with van der Waals surface area (Å²) in [5, 5.41) is 0. The Bertz CT molecular complexity index is 749. The molecule has 0 N–H and O–H groups in total. The van der Waals surface area contributed by atoms with Gasteiger partial charge in [-0.2, -0.15) is 8.42 Å². The third-order valence-electron chi connectivity index (χ3n) is 3.90. The Kier molecular flexibility index (Phi) is 5.82. The number of hydrogen-bond donors (Lipinski definition) is 0. The van der Waals surface area contributed by atoms with E-state index in [4.69, 9.17) is 13.7 Å². The van der Waals surface area contributed by atoms with Crippen LogP contribution in [0.4, 0.5) is 0 Å². The number of esters is 1. The Morgan fingerprint density at radius 3 is 2.27 bits per heavy atom. The predicted octanol–water partition coefficient (Wildman–Crippen LogP) is 2.44. The minimum Gasteiger partial charge on any atom is -0.457 e. The van der Waals surface area contributed by atoms with Crippen molar-refractivity contribution in [3.8, 4) is 0 Å². The summed E-state index contributed by atoms with van der Waals surface area (Å²) in [6.45, 7) is 11.2. The van der Waals surface area contributed by atoms with Gasteiger partial charge in [0.1, 0.15) is 11.3 Å². The number of rotatable bonds is 5. The molecular weight excluding hydrogens is 358 g/mol. The lowest BCUT2D eigenvalue weighted by atomic mass is 10.2. The van der Waals surface area contributed by atoms with Crippen molar-refractivity contribution in [1.82, 2.24) is 4.90 Å². The van der Waals surface area contributed by atoms with Crippen LogP contribution in [0, 0.1) is 6.92 Å². The molecule has 1 aromatic rings. The molecule has 0 bridgehead atoms. The normalized spacial score (nSPS) is 19.3. The average Bonchev–Trinajstić information content (AvgIpc) is 2.82. The molecule has 1 aliphatic heterocycles. The molecule has 8 heteroatoms. The van der Waals surface area contributed by atoms with E-state index in [1.807, 2.05) is 6.92 Å². The van der Waals surface area contributed by atoms with Gasteiger partial charge in [-0.15, -0.1) is 0 Å². The van der Waals surface area contributed by atoms with Gasteiger partial charge in [-0.3, -0.25) is 0 Å². The fraction of sp³-hybridized carbons (Fsp3) is 0.611. The Balaban J connectivity index is 2.34. The Morgan fingerprint density at radius 1 is 1.23 bits per heavy atom. The molecule has 1 fully saturated rings. The van der Waals surface area contributed by atoms with E-state index < -0.39 is 33.6 Å². The van der Waals surface area contributed by atoms with Crippen LogP contribution >= 0.6 is 0 Å². The van der Waals surface area contributed by atoms with E-state index in [0.29, 0.717) is 13.2 Å². The molecule has 0 saturated carbocycles. The standard InChI is InChI=1S/C18H27NO6S/c1-13-7-9-14(10-8-13)26(21,22)25-15(16(20)24-17(2,3)4)19-11-12-23-18(19,5)6/h7-10,15H,11-12H2,1-6H3. The first-order chi connectivity index (χ1) is 11.8. The Hall–Kier alpha value is -1.48. The average molecular weight is 385 g/mol. The number of ether oxygens (including phenoxy) is 2. The molecule has 0 radical (unpaired) electrons. The van der Waals surface area contributed by atoms with Crippen molar-refractivity contribution in [3.63, 3.8) is 0 Å². The maximum Gasteiger partial charge on any atom is 0.352 e. The molecule has 0 aromatic heterocycles. The maximum absolute atomic E-state index is 12.7. The first kappa shape index (κ1) is 20.8. The van der Waals surface area contributed by atoms with E-state index in [1.165, 1.54) is 12.1 Å². The van der Waals surface area contributed by atoms with Crippen molar-refractivity contribution in [2.75, 3.05) is 13.2 Å². The van der Waals surface area contributed by atoms with Crippen LogP contribution in [-0.4, -0.2) is 50.0 Å². The third-order valence-corrected chi connectivity index (χ3v) is 5.18. The van der Waals surface area contributed by atoms with Gasteiger partial charge in [0.15, 0.2) is 0 Å². The lowest BCUT2D eigenvalue weighted by Gasteiger charge is -2.35. The van der Waals surface area contributed by atoms with Crippen molar-refractivity contribution < 1.29 is 26.9 Å². The molecule has 26 heavy (non-hydrogen) atoms. The summed E-state index contributed by atoms with van der Waals surface area (Å²) in [7, 11) is -4.16. The zero-order valence-electron chi connectivity index (χ0n) is 16.1. The topological polar surface area (TPSA) is 82.1 Å². The molecule has 0 amide bonds. The first-order valence-corrected chi connectivity index (χ1v) is 9.86. The molecule has 146 valence electrons. The molecule has 1 heterocycles. The van der Waals surface area contributed by atoms with Gasteiger partial charge in [0.25, 0.3) is 10.1 Å². The van der Waals surface area contributed by atoms with E-state index >= 15 is 0 Å². The number of aryl methyl sites for hydroxylation is 1. The van der Waals surface area contributed by atoms with Crippen molar-refractivity contribution in [1.29, 1.82) is 0 Å². The number of carbonyl (C=O) groups excluding carboxylic acids is 1. The van der Waals surface area contributed by atoms with Gasteiger partial charge in [-0.25, -0.2) is 13.9 Å². The van der Waals surface area contributed by atoms with Gasteiger partial charge < -0.3 is 9.47 Å². The molecule has 0 spiro atoms. The van der Waals surface area contributed by atoms with E-state index in [1.54, 1.807) is 51.7 Å². The highest BCUT2D eigenvalue weighted by Crippen LogP contribution is 2.29. The van der Waals surface area contributed by atoms with Crippen LogP contribution in [0.1, 0.15) is 40.2 Å². The molecule has 7 nitrogen and oxygen atoms in total. The van der Waals surface area contributed by atoms with Gasteiger partial charge in [-0.05, 0) is 53.7 Å². The van der Waals surface area contributed by atoms with E-state index in [9.17, 15) is 13.2 Å². The summed E-state index contributed by atoms with van der Waals surface area (Å²) in [5.41, 5.74) is -0.719. The second kappa shape index (κ2) is 7.26. The van der Waals surface area contributed by atoms with Gasteiger partial charge in [0.05, 0.1) is 11.5 Å². The molecule has 1 aromatic carbocycles. The Morgan fingerprint density at radius 2 is 1.81 bits per heavy atom. The number of nitrogens with zero attached hydrogens (tertiary/aromatic N) is 1. The van der Waals surface area contributed by atoms with E-state index in [2.05, 4.69) is 0 Å². The molecule has 1 unspecified atom stereocenters. The summed E-state index contributed by atoms with van der Waals surface area (Å²) in [4.78, 5) is 14.2. The highest BCUT2D eigenvalue weighted by atomic mass is 32.2. The molecule has 0 aliphatic carbocycles. The van der Waals surface area contributed by atoms with Crippen LogP contribution in [0.25, 0.3) is 0 Å². The number of carbonyl (C=O) groups is 1. The van der Waals surface area contributed by atoms with Gasteiger partial charge >= 0.3 is 5.97 Å². The quantitative estimate of drug-likeness (QED) is 0.569. The van der Waals surface area contributed by atoms with Crippen LogP contribution in [0.2, 0.25) is 0 Å². The van der Waals surface area contributed by atoms with Gasteiger partial charge in [0.2, 0.25) is 6.23 Å². The summed E-state index contributed by atoms with van der Waals surface area (Å²) in [6, 6.07) is 6.23. The molecule has 1 aliphatic rings. The fourth-order valence-electron chi connectivity index (χ4n) is 2.60. The van der Waals surface area contributed by atoms with Crippen LogP contribution < -0.4 is 0 Å². The highest BCUT2D eigenvalue weighted by Gasteiger charge is 2.45. The smallest absolute Gasteiger partial charge is 0.352 e. The highest BCUT2D eigenvalue weighted by molar-refractivity contribution is 7.86. The maximum atomic E-state index is 12.7. The van der Waals surface area contributed by atoms with Crippen LogP contribution in [0.3, 0.4) is 0 Å². The first-order valence-electron chi connectivity index (χ1n) is 8.45. The second-order valence-electron chi connectivity index (χ2n) is 7.74. The van der Waals surface area contributed by atoms with Crippen molar-refractivity contribution in [2.24, 2.45) is 0 Å². The summed E-state index contributed by atoms with van der Waals surface area (Å²) in [5.74, 6) is -0.772. The van der Waals surface area contributed by atoms with Crippen LogP contribution in [0.5, 0.6) is 0 Å². The zero-order chi connectivity index (χ0) is 19.8. The van der Waals surface area contributed by atoms with E-state index in [-0.39, 0.29) is 4.90 Å². The molecular formula is C18H27NO6S. The summed E-state index contributed by atoms with van der Waals surface area (Å²) < 4.78 is 41.7. The SMILES string of the molecule is Cc1ccc(S(=O)(=O)OC(C(=O)OC(C)(C)C)N2CCOC2(C)C)cc1. The van der Waals surface area contributed by atoms with Crippen molar-refractivity contribution in [2.45, 2.75) is 64.0 Å². The second-order valence-corrected chi connectivity index (χ2v) is 9.31. The molecule has 1 atom stereocenters. The molecule has 1 saturated heterocycles. The minimum absolute atomic E-state index is 0.0189. The monoisotopic (exact) mass is 385 g/mol. The Labute approximate surface area is 155 Å². The number of benzene rings is 1. The zero-order valence-corrected chi connectivity index (χ0v) is 16.9. The summed E-state index contributed by atoms with van der Waals surface area (Å²) in [6.07, 6.45) is -1.43. The lowest BCUT2D eigenvalue weighted by Crippen LogP contribution is -2.53. The predicted molar refractivity (Wildman–Crippen MR) is 95.8 cm³/mol. The van der Waals surface area contributed by atoms with Gasteiger partial charge in [0, 0.05) is 6.54 Å². The van der Waals surface area contributed by atoms with Crippen LogP contribution in [-0.2, 0) is 28.6 Å². The van der Waals surface area contributed by atoms with Crippen LogP contribution in [0.15, 0.2) is 29.2 Å². The third kappa shape index (κ3) is 5.03. The largest absolute Gasteiger partial charge is 0.457 e. The van der Waals surface area contributed by atoms with E-state index in [0.717, 1.165) is 5.56 Å². The van der Waals surface area contributed by atoms with Crippen molar-refractivity contribution in [3.05, 3.63) is 29.8 Å². The van der Waals surface area contributed by atoms with Crippen molar-refractivity contribution >= 4 is 16.1 Å². The summed E-state index contributed by atoms with van der Waals surface area (Å²) >= 11 is 0. The lowest BCUT2D eigenvalue weighted by molar-refractivity contribution is -0.184. The number of hydrogen-bond acceptors (Lipinski definition) is 7.